The van der Waals surface area contributed by atoms with Gasteiger partial charge in [-0.1, -0.05) is 6.92 Å². The summed E-state index contributed by atoms with van der Waals surface area (Å²) in [7, 11) is 0. The lowest BCUT2D eigenvalue weighted by Crippen LogP contribution is -2.39. The summed E-state index contributed by atoms with van der Waals surface area (Å²) in [4.78, 5) is 2.46. The monoisotopic (exact) mass is 185 g/mol. The maximum atomic E-state index is 5.77. The molecule has 2 rings (SSSR count). The van der Waals surface area contributed by atoms with Gasteiger partial charge >= 0.3 is 0 Å². The molecule has 0 aromatic heterocycles. The van der Waals surface area contributed by atoms with Crippen LogP contribution in [0.15, 0.2) is 0 Å². The molecule has 76 valence electrons. The van der Waals surface area contributed by atoms with Crippen molar-refractivity contribution in [3.8, 4) is 0 Å². The lowest BCUT2D eigenvalue weighted by atomic mass is 10.1. The van der Waals surface area contributed by atoms with Crippen molar-refractivity contribution in [1.82, 2.24) is 4.90 Å². The molecule has 2 fully saturated rings. The first-order valence-corrected chi connectivity index (χ1v) is 5.34. The standard InChI is InChI=1S/C10H19NO2/c1-2-11-5-3-4-9(6-11)12-7-10-8-13-10/h9-10H,2-8H2,1H3/t9-,10-/m0/s1. The van der Waals surface area contributed by atoms with E-state index in [2.05, 4.69) is 11.8 Å². The Balaban J connectivity index is 1.65. The minimum Gasteiger partial charge on any atom is -0.374 e. The van der Waals surface area contributed by atoms with Crippen molar-refractivity contribution in [2.75, 3.05) is 32.8 Å². The number of ether oxygens (including phenoxy) is 2. The van der Waals surface area contributed by atoms with Crippen LogP contribution in [0.25, 0.3) is 0 Å². The predicted molar refractivity (Wildman–Crippen MR) is 50.8 cm³/mol. The van der Waals surface area contributed by atoms with Crippen molar-refractivity contribution in [1.29, 1.82) is 0 Å². The zero-order valence-corrected chi connectivity index (χ0v) is 8.37. The minimum atomic E-state index is 0.414. The summed E-state index contributed by atoms with van der Waals surface area (Å²) in [6.07, 6.45) is 3.38. The fourth-order valence-electron chi connectivity index (χ4n) is 1.84. The number of likely N-dealkylation sites (N-methyl/N-ethyl adjacent to an activating group) is 1. The minimum absolute atomic E-state index is 0.414. The first-order valence-electron chi connectivity index (χ1n) is 5.34. The summed E-state index contributed by atoms with van der Waals surface area (Å²) in [5.41, 5.74) is 0. The smallest absolute Gasteiger partial charge is 0.104 e. The Kier molecular flexibility index (Phi) is 3.19. The van der Waals surface area contributed by atoms with E-state index in [1.54, 1.807) is 0 Å². The van der Waals surface area contributed by atoms with Gasteiger partial charge in [0.1, 0.15) is 6.10 Å². The van der Waals surface area contributed by atoms with Crippen molar-refractivity contribution in [2.24, 2.45) is 0 Å². The number of piperidine rings is 1. The summed E-state index contributed by atoms with van der Waals surface area (Å²) in [6, 6.07) is 0. The molecule has 3 heteroatoms. The van der Waals surface area contributed by atoms with E-state index in [1.807, 2.05) is 0 Å². The van der Waals surface area contributed by atoms with Crippen LogP contribution in [-0.4, -0.2) is 50.0 Å². The molecule has 0 radical (unpaired) electrons. The van der Waals surface area contributed by atoms with Gasteiger partial charge in [0.25, 0.3) is 0 Å². The van der Waals surface area contributed by atoms with E-state index in [9.17, 15) is 0 Å². The molecule has 0 N–H and O–H groups in total. The first kappa shape index (κ1) is 9.44. The van der Waals surface area contributed by atoms with E-state index in [4.69, 9.17) is 9.47 Å². The Morgan fingerprint density at radius 2 is 2.38 bits per heavy atom. The summed E-state index contributed by atoms with van der Waals surface area (Å²) in [6.45, 7) is 7.44. The van der Waals surface area contributed by atoms with Crippen molar-refractivity contribution >= 4 is 0 Å². The van der Waals surface area contributed by atoms with Crippen LogP contribution in [0.2, 0.25) is 0 Å². The zero-order chi connectivity index (χ0) is 9.10. The van der Waals surface area contributed by atoms with Gasteiger partial charge in [0.05, 0.1) is 19.3 Å². The number of nitrogens with zero attached hydrogens (tertiary/aromatic N) is 1. The number of hydrogen-bond donors (Lipinski definition) is 0. The average Bonchev–Trinajstić information content (AvgIpc) is 2.99. The molecule has 2 atom stereocenters. The molecular formula is C10H19NO2. The lowest BCUT2D eigenvalue weighted by Gasteiger charge is -2.31. The molecule has 2 aliphatic heterocycles. The largest absolute Gasteiger partial charge is 0.374 e. The van der Waals surface area contributed by atoms with Gasteiger partial charge < -0.3 is 14.4 Å². The molecule has 13 heavy (non-hydrogen) atoms. The first-order chi connectivity index (χ1) is 6.38. The van der Waals surface area contributed by atoms with Gasteiger partial charge in [-0.2, -0.15) is 0 Å². The third-order valence-electron chi connectivity index (χ3n) is 2.83. The van der Waals surface area contributed by atoms with E-state index in [0.717, 1.165) is 26.3 Å². The van der Waals surface area contributed by atoms with Crippen molar-refractivity contribution < 1.29 is 9.47 Å². The highest BCUT2D eigenvalue weighted by Gasteiger charge is 2.26. The van der Waals surface area contributed by atoms with Gasteiger partial charge in [0.15, 0.2) is 0 Å². The average molecular weight is 185 g/mol. The van der Waals surface area contributed by atoms with Gasteiger partial charge in [-0.3, -0.25) is 0 Å². The molecular weight excluding hydrogens is 166 g/mol. The Hall–Kier alpha value is -0.120. The topological polar surface area (TPSA) is 25.0 Å². The molecule has 0 aromatic rings. The van der Waals surface area contributed by atoms with Crippen LogP contribution in [0, 0.1) is 0 Å². The summed E-state index contributed by atoms with van der Waals surface area (Å²) >= 11 is 0. The Labute approximate surface area is 80.0 Å². The molecule has 2 saturated heterocycles. The highest BCUT2D eigenvalue weighted by atomic mass is 16.6. The second-order valence-electron chi connectivity index (χ2n) is 3.95. The van der Waals surface area contributed by atoms with E-state index < -0.39 is 0 Å². The van der Waals surface area contributed by atoms with Crippen LogP contribution in [0.1, 0.15) is 19.8 Å². The molecule has 0 aliphatic carbocycles. The quantitative estimate of drug-likeness (QED) is 0.608. The molecule has 2 aliphatic rings. The van der Waals surface area contributed by atoms with Crippen molar-refractivity contribution in [2.45, 2.75) is 32.0 Å². The molecule has 0 saturated carbocycles. The highest BCUT2D eigenvalue weighted by Crippen LogP contribution is 2.16. The van der Waals surface area contributed by atoms with Gasteiger partial charge in [-0.05, 0) is 25.9 Å². The third kappa shape index (κ3) is 2.93. The zero-order valence-electron chi connectivity index (χ0n) is 8.37. The van der Waals surface area contributed by atoms with Crippen LogP contribution >= 0.6 is 0 Å². The molecule has 0 spiro atoms. The van der Waals surface area contributed by atoms with E-state index in [0.29, 0.717) is 12.2 Å². The van der Waals surface area contributed by atoms with Gasteiger partial charge in [-0.15, -0.1) is 0 Å². The molecule has 2 heterocycles. The predicted octanol–water partition coefficient (Wildman–Crippen LogP) is 0.886. The van der Waals surface area contributed by atoms with Crippen LogP contribution < -0.4 is 0 Å². The van der Waals surface area contributed by atoms with Crippen LogP contribution in [-0.2, 0) is 9.47 Å². The number of likely N-dealkylation sites (tertiary alicyclic amines) is 1. The fraction of sp³-hybridized carbons (Fsp3) is 1.00. The molecule has 0 aromatic carbocycles. The van der Waals surface area contributed by atoms with E-state index in [-0.39, 0.29) is 0 Å². The SMILES string of the molecule is CCN1CCC[C@H](OC[C@H]2CO2)C1. The molecule has 0 unspecified atom stereocenters. The number of rotatable bonds is 4. The third-order valence-corrected chi connectivity index (χ3v) is 2.83. The van der Waals surface area contributed by atoms with Gasteiger partial charge in [0.2, 0.25) is 0 Å². The lowest BCUT2D eigenvalue weighted by molar-refractivity contribution is -0.00514. The van der Waals surface area contributed by atoms with Crippen molar-refractivity contribution in [3.05, 3.63) is 0 Å². The maximum absolute atomic E-state index is 5.77. The van der Waals surface area contributed by atoms with Crippen LogP contribution in [0.3, 0.4) is 0 Å². The Bertz CT molecular complexity index is 159. The van der Waals surface area contributed by atoms with Crippen LogP contribution in [0.5, 0.6) is 0 Å². The van der Waals surface area contributed by atoms with E-state index in [1.165, 1.54) is 19.4 Å². The highest BCUT2D eigenvalue weighted by molar-refractivity contribution is 4.74. The second-order valence-corrected chi connectivity index (χ2v) is 3.95. The normalized spacial score (nSPS) is 34.8. The fourth-order valence-corrected chi connectivity index (χ4v) is 1.84. The Morgan fingerprint density at radius 3 is 3.08 bits per heavy atom. The number of epoxide rings is 1. The molecule has 3 nitrogen and oxygen atoms in total. The Morgan fingerprint density at radius 1 is 1.54 bits per heavy atom. The van der Waals surface area contributed by atoms with E-state index >= 15 is 0 Å². The summed E-state index contributed by atoms with van der Waals surface area (Å²) < 4.78 is 10.9. The number of hydrogen-bond acceptors (Lipinski definition) is 3. The second kappa shape index (κ2) is 4.40. The molecule has 0 amide bonds. The van der Waals surface area contributed by atoms with Crippen LogP contribution in [0.4, 0.5) is 0 Å². The van der Waals surface area contributed by atoms with Gasteiger partial charge in [-0.25, -0.2) is 0 Å². The maximum Gasteiger partial charge on any atom is 0.104 e. The molecule has 0 bridgehead atoms. The summed E-state index contributed by atoms with van der Waals surface area (Å²) in [5.74, 6) is 0. The van der Waals surface area contributed by atoms with Crippen molar-refractivity contribution in [3.63, 3.8) is 0 Å². The summed E-state index contributed by atoms with van der Waals surface area (Å²) in [5, 5.41) is 0. The van der Waals surface area contributed by atoms with Gasteiger partial charge in [0, 0.05) is 6.54 Å².